The molecule has 0 aliphatic carbocycles. The third kappa shape index (κ3) is 3.77. The van der Waals surface area contributed by atoms with E-state index in [-0.39, 0.29) is 16.6 Å². The van der Waals surface area contributed by atoms with E-state index in [1.165, 1.54) is 36.1 Å². The Hall–Kier alpha value is -2.67. The van der Waals surface area contributed by atoms with E-state index < -0.39 is 11.5 Å². The summed E-state index contributed by atoms with van der Waals surface area (Å²) < 4.78 is 4.76. The van der Waals surface area contributed by atoms with Gasteiger partial charge in [0.1, 0.15) is 0 Å². The van der Waals surface area contributed by atoms with Gasteiger partial charge in [-0.15, -0.1) is 0 Å². The quantitative estimate of drug-likeness (QED) is 0.431. The number of hydrogen-bond acceptors (Lipinski definition) is 6. The molecule has 2 heterocycles. The number of benzene rings is 1. The van der Waals surface area contributed by atoms with Crippen LogP contribution in [0, 0.1) is 20.8 Å². The fourth-order valence-corrected chi connectivity index (χ4v) is 3.67. The molecule has 1 N–H and O–H groups in total. The summed E-state index contributed by atoms with van der Waals surface area (Å²) in [4.78, 5) is 35.9. The lowest BCUT2D eigenvalue weighted by atomic mass is 10.1. The van der Waals surface area contributed by atoms with Crippen molar-refractivity contribution in [3.05, 3.63) is 62.6 Å². The van der Waals surface area contributed by atoms with Crippen LogP contribution in [0.3, 0.4) is 0 Å². The van der Waals surface area contributed by atoms with Crippen LogP contribution in [0.1, 0.15) is 32.7 Å². The number of hydrogen-bond donors (Lipinski definition) is 1. The van der Waals surface area contributed by atoms with Gasteiger partial charge in [-0.1, -0.05) is 41.1 Å². The number of H-pyrrole nitrogens is 1. The molecule has 7 heteroatoms. The first-order valence-corrected chi connectivity index (χ1v) is 9.06. The maximum absolute atomic E-state index is 12.5. The second-order valence-electron chi connectivity index (χ2n) is 6.16. The molecular weight excluding hydrogens is 350 g/mol. The number of carbonyl (C=O) groups is 1. The van der Waals surface area contributed by atoms with E-state index in [2.05, 4.69) is 47.0 Å². The molecule has 0 aliphatic heterocycles. The largest absolute Gasteiger partial charge is 0.465 e. The molecule has 0 saturated carbocycles. The van der Waals surface area contributed by atoms with Gasteiger partial charge in [-0.3, -0.25) is 4.79 Å². The molecule has 0 unspecified atom stereocenters. The summed E-state index contributed by atoms with van der Waals surface area (Å²) in [7, 11) is 1.28. The zero-order valence-corrected chi connectivity index (χ0v) is 15.9. The predicted octanol–water partition coefficient (Wildman–Crippen LogP) is 3.32. The van der Waals surface area contributed by atoms with Crippen molar-refractivity contribution in [1.29, 1.82) is 0 Å². The second-order valence-corrected chi connectivity index (χ2v) is 7.12. The van der Waals surface area contributed by atoms with Crippen LogP contribution in [0.5, 0.6) is 0 Å². The molecule has 6 nitrogen and oxygen atoms in total. The Morgan fingerprint density at radius 1 is 1.12 bits per heavy atom. The van der Waals surface area contributed by atoms with E-state index in [1.54, 1.807) is 6.92 Å². The fourth-order valence-electron chi connectivity index (χ4n) is 2.89. The van der Waals surface area contributed by atoms with E-state index >= 15 is 0 Å². The summed E-state index contributed by atoms with van der Waals surface area (Å²) in [5.41, 5.74) is 4.17. The van der Waals surface area contributed by atoms with Gasteiger partial charge in [0, 0.05) is 11.4 Å². The molecule has 3 rings (SSSR count). The van der Waals surface area contributed by atoms with E-state index in [9.17, 15) is 9.59 Å². The molecule has 0 fully saturated rings. The van der Waals surface area contributed by atoms with Crippen LogP contribution in [-0.4, -0.2) is 28.0 Å². The zero-order chi connectivity index (χ0) is 18.8. The summed E-state index contributed by atoms with van der Waals surface area (Å²) in [5.74, 6) is 0.0931. The normalized spacial score (nSPS) is 10.9. The van der Waals surface area contributed by atoms with Crippen molar-refractivity contribution in [3.63, 3.8) is 0 Å². The van der Waals surface area contributed by atoms with Crippen LogP contribution in [0.4, 0.5) is 0 Å². The SMILES string of the molecule is COC(=O)c1cc(C)nc2nc(SCc3cc(C)cc(C)c3)[nH]c(=O)c12. The van der Waals surface area contributed by atoms with Gasteiger partial charge in [-0.2, -0.15) is 0 Å². The topological polar surface area (TPSA) is 84.9 Å². The number of aromatic nitrogens is 3. The number of nitrogens with zero attached hydrogens (tertiary/aromatic N) is 2. The number of fused-ring (bicyclic) bond motifs is 1. The standard InChI is InChI=1S/C19H19N3O3S/c1-10-5-11(2)7-13(6-10)9-26-19-21-16-15(17(23)22-19)14(18(24)25-4)8-12(3)20-16/h5-8H,9H2,1-4H3,(H,20,21,22,23). The third-order valence-electron chi connectivity index (χ3n) is 3.85. The average Bonchev–Trinajstić information content (AvgIpc) is 2.57. The Balaban J connectivity index is 1.98. The van der Waals surface area contributed by atoms with Crippen LogP contribution in [0.25, 0.3) is 11.0 Å². The van der Waals surface area contributed by atoms with Crippen molar-refractivity contribution in [1.82, 2.24) is 15.0 Å². The van der Waals surface area contributed by atoms with Crippen LogP contribution >= 0.6 is 11.8 Å². The lowest BCUT2D eigenvalue weighted by Gasteiger charge is -2.08. The molecule has 26 heavy (non-hydrogen) atoms. The third-order valence-corrected chi connectivity index (χ3v) is 4.79. The molecule has 2 aromatic heterocycles. The smallest absolute Gasteiger partial charge is 0.338 e. The van der Waals surface area contributed by atoms with Crippen LogP contribution in [-0.2, 0) is 10.5 Å². The number of aryl methyl sites for hydroxylation is 3. The monoisotopic (exact) mass is 369 g/mol. The summed E-state index contributed by atoms with van der Waals surface area (Å²) in [6, 6.07) is 7.87. The number of ether oxygens (including phenoxy) is 1. The molecule has 0 atom stereocenters. The van der Waals surface area contributed by atoms with E-state index in [4.69, 9.17) is 4.74 Å². The summed E-state index contributed by atoms with van der Waals surface area (Å²) >= 11 is 1.42. The first kappa shape index (κ1) is 18.1. The van der Waals surface area contributed by atoms with Crippen molar-refractivity contribution in [2.24, 2.45) is 0 Å². The van der Waals surface area contributed by atoms with Gasteiger partial charge in [-0.25, -0.2) is 14.8 Å². The van der Waals surface area contributed by atoms with Gasteiger partial charge >= 0.3 is 5.97 Å². The molecule has 1 aromatic carbocycles. The van der Waals surface area contributed by atoms with Crippen molar-refractivity contribution in [3.8, 4) is 0 Å². The second kappa shape index (κ2) is 7.29. The number of esters is 1. The molecule has 0 saturated heterocycles. The van der Waals surface area contributed by atoms with Crippen LogP contribution < -0.4 is 5.56 Å². The minimum absolute atomic E-state index is 0.151. The molecular formula is C19H19N3O3S. The highest BCUT2D eigenvalue weighted by Crippen LogP contribution is 2.22. The van der Waals surface area contributed by atoms with E-state index in [1.807, 2.05) is 0 Å². The highest BCUT2D eigenvalue weighted by molar-refractivity contribution is 7.98. The first-order chi connectivity index (χ1) is 12.4. The lowest BCUT2D eigenvalue weighted by Crippen LogP contribution is -2.16. The maximum atomic E-state index is 12.5. The van der Waals surface area contributed by atoms with Crippen LogP contribution in [0.2, 0.25) is 0 Å². The lowest BCUT2D eigenvalue weighted by molar-refractivity contribution is 0.0602. The number of nitrogens with one attached hydrogen (secondary N) is 1. The number of aromatic amines is 1. The van der Waals surface area contributed by atoms with Gasteiger partial charge in [0.2, 0.25) is 0 Å². The molecule has 3 aromatic rings. The highest BCUT2D eigenvalue weighted by Gasteiger charge is 2.17. The summed E-state index contributed by atoms with van der Waals surface area (Å²) in [5, 5.41) is 0.619. The number of methoxy groups -OCH3 is 1. The number of carbonyl (C=O) groups excluding carboxylic acids is 1. The Morgan fingerprint density at radius 3 is 2.46 bits per heavy atom. The van der Waals surface area contributed by atoms with Gasteiger partial charge in [0.25, 0.3) is 5.56 Å². The highest BCUT2D eigenvalue weighted by atomic mass is 32.2. The van der Waals surface area contributed by atoms with Crippen molar-refractivity contribution in [2.75, 3.05) is 7.11 Å². The van der Waals surface area contributed by atoms with Crippen molar-refractivity contribution < 1.29 is 9.53 Å². The van der Waals surface area contributed by atoms with Crippen molar-refractivity contribution >= 4 is 28.8 Å². The molecule has 0 aliphatic rings. The zero-order valence-electron chi connectivity index (χ0n) is 15.0. The molecule has 0 bridgehead atoms. The van der Waals surface area contributed by atoms with Gasteiger partial charge in [0.05, 0.1) is 18.1 Å². The summed E-state index contributed by atoms with van der Waals surface area (Å²) in [6.07, 6.45) is 0. The molecule has 0 amide bonds. The van der Waals surface area contributed by atoms with E-state index in [0.29, 0.717) is 16.6 Å². The van der Waals surface area contributed by atoms with E-state index in [0.717, 1.165) is 5.56 Å². The minimum atomic E-state index is -0.580. The number of pyridine rings is 1. The van der Waals surface area contributed by atoms with Crippen molar-refractivity contribution in [2.45, 2.75) is 31.7 Å². The molecule has 0 radical (unpaired) electrons. The first-order valence-electron chi connectivity index (χ1n) is 8.07. The molecule has 134 valence electrons. The number of thioether (sulfide) groups is 1. The Morgan fingerprint density at radius 2 is 1.81 bits per heavy atom. The van der Waals surface area contributed by atoms with Gasteiger partial charge in [-0.05, 0) is 32.4 Å². The Bertz CT molecular complexity index is 1040. The van der Waals surface area contributed by atoms with Crippen LogP contribution in [0.15, 0.2) is 34.2 Å². The maximum Gasteiger partial charge on any atom is 0.338 e. The fraction of sp³-hybridized carbons (Fsp3) is 0.263. The number of rotatable bonds is 4. The average molecular weight is 369 g/mol. The van der Waals surface area contributed by atoms with Gasteiger partial charge < -0.3 is 9.72 Å². The predicted molar refractivity (Wildman–Crippen MR) is 102 cm³/mol. The molecule has 0 spiro atoms. The Labute approximate surface area is 155 Å². The summed E-state index contributed by atoms with van der Waals surface area (Å²) in [6.45, 7) is 5.85. The van der Waals surface area contributed by atoms with Gasteiger partial charge in [0.15, 0.2) is 10.8 Å². The Kier molecular flexibility index (Phi) is 5.08. The minimum Gasteiger partial charge on any atom is -0.465 e.